The third-order valence-electron chi connectivity index (χ3n) is 4.76. The highest BCUT2D eigenvalue weighted by atomic mass is 16.5. The number of nitrogens with zero attached hydrogens (tertiary/aromatic N) is 2. The standard InChI is InChI=1S/C19H22N2O4/c1-13(2)12-25-17(23)9-11-20-18(24)14-6-4-5-7-15(14)21-16(22)8-10-19(20,21)3/h4-7H,1,8-12H2,2-3H3. The fourth-order valence-corrected chi connectivity index (χ4v) is 3.52. The number of para-hydroxylation sites is 1. The van der Waals surface area contributed by atoms with Gasteiger partial charge in [0.15, 0.2) is 0 Å². The summed E-state index contributed by atoms with van der Waals surface area (Å²) in [7, 11) is 0. The van der Waals surface area contributed by atoms with E-state index in [9.17, 15) is 14.4 Å². The van der Waals surface area contributed by atoms with Gasteiger partial charge < -0.3 is 9.64 Å². The van der Waals surface area contributed by atoms with Crippen molar-refractivity contribution >= 4 is 23.5 Å². The van der Waals surface area contributed by atoms with Gasteiger partial charge in [-0.1, -0.05) is 18.7 Å². The van der Waals surface area contributed by atoms with Crippen LogP contribution in [0.15, 0.2) is 36.4 Å². The van der Waals surface area contributed by atoms with Gasteiger partial charge in [0.1, 0.15) is 12.3 Å². The van der Waals surface area contributed by atoms with Gasteiger partial charge in [-0.2, -0.15) is 0 Å². The number of anilines is 1. The molecule has 2 amide bonds. The Morgan fingerprint density at radius 3 is 2.76 bits per heavy atom. The second-order valence-corrected chi connectivity index (χ2v) is 6.79. The Morgan fingerprint density at radius 1 is 1.32 bits per heavy atom. The van der Waals surface area contributed by atoms with E-state index < -0.39 is 5.66 Å². The predicted octanol–water partition coefficient (Wildman–Crippen LogP) is 2.49. The molecule has 6 heteroatoms. The summed E-state index contributed by atoms with van der Waals surface area (Å²) in [5.74, 6) is -0.539. The number of fused-ring (bicyclic) bond motifs is 3. The molecular weight excluding hydrogens is 320 g/mol. The van der Waals surface area contributed by atoms with Gasteiger partial charge in [-0.15, -0.1) is 0 Å². The van der Waals surface area contributed by atoms with Crippen LogP contribution in [-0.4, -0.2) is 41.5 Å². The summed E-state index contributed by atoms with van der Waals surface area (Å²) in [5.41, 5.74) is 1.16. The van der Waals surface area contributed by atoms with Gasteiger partial charge in [0.2, 0.25) is 5.91 Å². The summed E-state index contributed by atoms with van der Waals surface area (Å²) in [6, 6.07) is 7.12. The van der Waals surface area contributed by atoms with Crippen molar-refractivity contribution < 1.29 is 19.1 Å². The van der Waals surface area contributed by atoms with Gasteiger partial charge in [0.05, 0.1) is 17.7 Å². The molecule has 1 atom stereocenters. The zero-order chi connectivity index (χ0) is 18.2. The van der Waals surface area contributed by atoms with Crippen molar-refractivity contribution in [2.75, 3.05) is 18.1 Å². The van der Waals surface area contributed by atoms with Crippen LogP contribution in [0.1, 0.15) is 43.5 Å². The summed E-state index contributed by atoms with van der Waals surface area (Å²) in [4.78, 5) is 40.6. The number of hydrogen-bond donors (Lipinski definition) is 0. The SMILES string of the molecule is C=C(C)COC(=O)CCN1C(=O)c2ccccc2N2C(=O)CCC12C. The largest absolute Gasteiger partial charge is 0.461 e. The van der Waals surface area contributed by atoms with Gasteiger partial charge in [-0.25, -0.2) is 0 Å². The Labute approximate surface area is 147 Å². The molecule has 1 saturated heterocycles. The van der Waals surface area contributed by atoms with Crippen molar-refractivity contribution in [1.29, 1.82) is 0 Å². The molecular formula is C19H22N2O4. The minimum Gasteiger partial charge on any atom is -0.461 e. The minimum atomic E-state index is -0.739. The number of hydrogen-bond acceptors (Lipinski definition) is 4. The summed E-state index contributed by atoms with van der Waals surface area (Å²) < 4.78 is 5.11. The molecule has 0 aliphatic carbocycles. The van der Waals surface area contributed by atoms with E-state index in [1.54, 1.807) is 34.9 Å². The zero-order valence-corrected chi connectivity index (χ0v) is 14.6. The Kier molecular flexibility index (Phi) is 4.37. The number of amides is 2. The highest BCUT2D eigenvalue weighted by Crippen LogP contribution is 2.43. The molecule has 1 aromatic rings. The molecule has 0 N–H and O–H groups in total. The van der Waals surface area contributed by atoms with E-state index in [-0.39, 0.29) is 37.4 Å². The Balaban J connectivity index is 1.84. The highest BCUT2D eigenvalue weighted by molar-refractivity contribution is 6.10. The van der Waals surface area contributed by atoms with Crippen LogP contribution in [0.4, 0.5) is 5.69 Å². The van der Waals surface area contributed by atoms with E-state index in [0.717, 1.165) is 5.57 Å². The molecule has 0 bridgehead atoms. The molecule has 2 aliphatic heterocycles. The maximum Gasteiger partial charge on any atom is 0.307 e. The number of carbonyl (C=O) groups excluding carboxylic acids is 3. The molecule has 0 aromatic heterocycles. The highest BCUT2D eigenvalue weighted by Gasteiger charge is 2.52. The average molecular weight is 342 g/mol. The maximum atomic E-state index is 13.0. The van der Waals surface area contributed by atoms with Crippen molar-refractivity contribution in [3.05, 3.63) is 42.0 Å². The van der Waals surface area contributed by atoms with Gasteiger partial charge >= 0.3 is 5.97 Å². The van der Waals surface area contributed by atoms with E-state index in [1.807, 2.05) is 13.0 Å². The van der Waals surface area contributed by atoms with Crippen LogP contribution in [0.3, 0.4) is 0 Å². The van der Waals surface area contributed by atoms with Crippen molar-refractivity contribution in [3.63, 3.8) is 0 Å². The van der Waals surface area contributed by atoms with E-state index in [2.05, 4.69) is 6.58 Å². The molecule has 0 radical (unpaired) electrons. The van der Waals surface area contributed by atoms with Crippen LogP contribution in [-0.2, 0) is 14.3 Å². The smallest absolute Gasteiger partial charge is 0.307 e. The third kappa shape index (κ3) is 2.92. The van der Waals surface area contributed by atoms with E-state index in [4.69, 9.17) is 4.74 Å². The Morgan fingerprint density at radius 2 is 2.04 bits per heavy atom. The second-order valence-electron chi connectivity index (χ2n) is 6.79. The average Bonchev–Trinajstić information content (AvgIpc) is 2.88. The van der Waals surface area contributed by atoms with Crippen LogP contribution in [0.5, 0.6) is 0 Å². The quantitative estimate of drug-likeness (QED) is 0.609. The van der Waals surface area contributed by atoms with Crippen molar-refractivity contribution in [1.82, 2.24) is 4.90 Å². The van der Waals surface area contributed by atoms with E-state index >= 15 is 0 Å². The van der Waals surface area contributed by atoms with Crippen molar-refractivity contribution in [2.24, 2.45) is 0 Å². The molecule has 132 valence electrons. The fraction of sp³-hybridized carbons (Fsp3) is 0.421. The molecule has 3 rings (SSSR count). The fourth-order valence-electron chi connectivity index (χ4n) is 3.52. The van der Waals surface area contributed by atoms with E-state index in [0.29, 0.717) is 24.1 Å². The van der Waals surface area contributed by atoms with Crippen molar-refractivity contribution in [2.45, 2.75) is 38.8 Å². The number of carbonyl (C=O) groups is 3. The molecule has 2 aliphatic rings. The molecule has 0 saturated carbocycles. The number of rotatable bonds is 5. The topological polar surface area (TPSA) is 66.9 Å². The molecule has 1 unspecified atom stereocenters. The first kappa shape index (κ1) is 17.2. The minimum absolute atomic E-state index is 0.00249. The summed E-state index contributed by atoms with van der Waals surface area (Å²) >= 11 is 0. The van der Waals surface area contributed by atoms with Crippen LogP contribution in [0.2, 0.25) is 0 Å². The predicted molar refractivity (Wildman–Crippen MR) is 93.0 cm³/mol. The molecule has 1 fully saturated rings. The Bertz CT molecular complexity index is 758. The van der Waals surface area contributed by atoms with Crippen molar-refractivity contribution in [3.8, 4) is 0 Å². The Hall–Kier alpha value is -2.63. The lowest BCUT2D eigenvalue weighted by atomic mass is 9.98. The van der Waals surface area contributed by atoms with Gasteiger partial charge in [-0.3, -0.25) is 19.3 Å². The first-order chi connectivity index (χ1) is 11.8. The lowest BCUT2D eigenvalue weighted by Gasteiger charge is -2.48. The van der Waals surface area contributed by atoms with Gasteiger partial charge in [-0.05, 0) is 38.0 Å². The first-order valence-electron chi connectivity index (χ1n) is 8.38. The van der Waals surface area contributed by atoms with Crippen LogP contribution in [0.25, 0.3) is 0 Å². The van der Waals surface area contributed by atoms with Crippen LogP contribution >= 0.6 is 0 Å². The van der Waals surface area contributed by atoms with Crippen LogP contribution in [0, 0.1) is 0 Å². The molecule has 2 heterocycles. The summed E-state index contributed by atoms with van der Waals surface area (Å²) in [5, 5.41) is 0. The first-order valence-corrected chi connectivity index (χ1v) is 8.38. The zero-order valence-electron chi connectivity index (χ0n) is 14.6. The summed E-state index contributed by atoms with van der Waals surface area (Å²) in [6.07, 6.45) is 1.01. The summed E-state index contributed by atoms with van der Waals surface area (Å²) in [6.45, 7) is 7.74. The third-order valence-corrected chi connectivity index (χ3v) is 4.76. The lowest BCUT2D eigenvalue weighted by molar-refractivity contribution is -0.143. The molecule has 25 heavy (non-hydrogen) atoms. The monoisotopic (exact) mass is 342 g/mol. The lowest BCUT2D eigenvalue weighted by Crippen LogP contribution is -2.62. The molecule has 0 spiro atoms. The number of ether oxygens (including phenoxy) is 1. The maximum absolute atomic E-state index is 13.0. The van der Waals surface area contributed by atoms with Gasteiger partial charge in [0.25, 0.3) is 5.91 Å². The normalized spacial score (nSPS) is 21.8. The number of esters is 1. The van der Waals surface area contributed by atoms with E-state index in [1.165, 1.54) is 0 Å². The number of benzene rings is 1. The van der Waals surface area contributed by atoms with Gasteiger partial charge in [0, 0.05) is 13.0 Å². The molecule has 1 aromatic carbocycles. The molecule has 6 nitrogen and oxygen atoms in total. The van der Waals surface area contributed by atoms with Crippen LogP contribution < -0.4 is 4.90 Å². The second kappa shape index (κ2) is 6.35.